The Kier molecular flexibility index (Phi) is 4.03. The molecule has 1 aromatic carbocycles. The minimum absolute atomic E-state index is 0.0300. The highest BCUT2D eigenvalue weighted by molar-refractivity contribution is 6.33. The molecule has 2 heterocycles. The first-order valence-electron chi connectivity index (χ1n) is 7.33. The molecule has 0 radical (unpaired) electrons. The van der Waals surface area contributed by atoms with Gasteiger partial charge in [-0.25, -0.2) is 14.2 Å². The number of hydrogen-bond donors (Lipinski definition) is 2. The number of rotatable bonds is 3. The maximum absolute atomic E-state index is 15.1. The second-order valence-electron chi connectivity index (χ2n) is 5.86. The monoisotopic (exact) mass is 341 g/mol. The van der Waals surface area contributed by atoms with Crippen LogP contribution in [0.5, 0.6) is 0 Å². The average Bonchev–Trinajstić information content (AvgIpc) is 2.78. The van der Waals surface area contributed by atoms with Gasteiger partial charge < -0.3 is 10.0 Å². The summed E-state index contributed by atoms with van der Waals surface area (Å²) in [6.07, 6.45) is 0.134. The van der Waals surface area contributed by atoms with Crippen molar-refractivity contribution >= 4 is 29.2 Å². The number of hydrazine groups is 1. The molecule has 0 bridgehead atoms. The number of carboxylic acids is 1. The first-order chi connectivity index (χ1) is 10.9. The predicted octanol–water partition coefficient (Wildman–Crippen LogP) is 1.55. The summed E-state index contributed by atoms with van der Waals surface area (Å²) >= 11 is 5.95. The third kappa shape index (κ3) is 2.58. The molecule has 2 atom stereocenters. The lowest BCUT2D eigenvalue weighted by Gasteiger charge is -2.36. The Bertz CT molecular complexity index is 671. The van der Waals surface area contributed by atoms with E-state index in [4.69, 9.17) is 16.7 Å². The van der Waals surface area contributed by atoms with E-state index >= 15 is 4.39 Å². The van der Waals surface area contributed by atoms with E-state index in [1.165, 1.54) is 23.1 Å². The number of nitrogens with zero attached hydrogens (tertiary/aromatic N) is 2. The molecule has 1 aromatic rings. The number of carbonyl (C=O) groups is 2. The van der Waals surface area contributed by atoms with Crippen molar-refractivity contribution in [1.29, 1.82) is 0 Å². The molecule has 6 nitrogen and oxygen atoms in total. The molecule has 2 fully saturated rings. The summed E-state index contributed by atoms with van der Waals surface area (Å²) in [6, 6.07) is 4.23. The third-order valence-corrected chi connectivity index (χ3v) is 4.96. The molecule has 2 aliphatic rings. The van der Waals surface area contributed by atoms with E-state index in [1.54, 1.807) is 7.05 Å². The smallest absolute Gasteiger partial charge is 0.337 e. The number of alkyl halides is 1. The van der Waals surface area contributed by atoms with Gasteiger partial charge in [-0.05, 0) is 25.2 Å². The number of amides is 1. The molecule has 0 aromatic heterocycles. The Labute approximate surface area is 137 Å². The van der Waals surface area contributed by atoms with Crippen molar-refractivity contribution in [2.75, 3.05) is 31.6 Å². The lowest BCUT2D eigenvalue weighted by molar-refractivity contribution is -0.132. The van der Waals surface area contributed by atoms with Crippen molar-refractivity contribution in [3.8, 4) is 0 Å². The molecule has 0 aliphatic carbocycles. The van der Waals surface area contributed by atoms with Crippen molar-refractivity contribution < 1.29 is 19.1 Å². The van der Waals surface area contributed by atoms with Gasteiger partial charge in [0, 0.05) is 37.7 Å². The molecule has 124 valence electrons. The first-order valence-corrected chi connectivity index (χ1v) is 7.70. The predicted molar refractivity (Wildman–Crippen MR) is 83.3 cm³/mol. The second kappa shape index (κ2) is 5.74. The lowest BCUT2D eigenvalue weighted by Crippen LogP contribution is -2.53. The summed E-state index contributed by atoms with van der Waals surface area (Å²) in [7, 11) is 1.77. The van der Waals surface area contributed by atoms with Crippen molar-refractivity contribution in [2.45, 2.75) is 12.1 Å². The second-order valence-corrected chi connectivity index (χ2v) is 6.27. The van der Waals surface area contributed by atoms with Crippen LogP contribution in [-0.4, -0.2) is 54.3 Å². The van der Waals surface area contributed by atoms with Gasteiger partial charge in [0.2, 0.25) is 0 Å². The highest BCUT2D eigenvalue weighted by atomic mass is 35.5. The minimum atomic E-state index is -1.87. The maximum Gasteiger partial charge on any atom is 0.337 e. The fourth-order valence-electron chi connectivity index (χ4n) is 3.29. The van der Waals surface area contributed by atoms with Crippen LogP contribution in [0.4, 0.5) is 10.1 Å². The van der Waals surface area contributed by atoms with Crippen LogP contribution in [0.1, 0.15) is 16.8 Å². The summed E-state index contributed by atoms with van der Waals surface area (Å²) in [4.78, 5) is 24.9. The van der Waals surface area contributed by atoms with Crippen LogP contribution in [0.2, 0.25) is 5.02 Å². The highest BCUT2D eigenvalue weighted by Crippen LogP contribution is 2.41. The fraction of sp³-hybridized carbons (Fsp3) is 0.467. The minimum Gasteiger partial charge on any atom is -0.478 e. The highest BCUT2D eigenvalue weighted by Gasteiger charge is 2.57. The number of piperidine rings is 1. The van der Waals surface area contributed by atoms with Crippen LogP contribution in [0.25, 0.3) is 0 Å². The largest absolute Gasteiger partial charge is 0.478 e. The Morgan fingerprint density at radius 3 is 2.83 bits per heavy atom. The number of nitrogens with one attached hydrogen (secondary N) is 1. The molecule has 23 heavy (non-hydrogen) atoms. The van der Waals surface area contributed by atoms with E-state index in [1.807, 2.05) is 5.01 Å². The molecule has 3 rings (SSSR count). The van der Waals surface area contributed by atoms with E-state index in [-0.39, 0.29) is 23.6 Å². The van der Waals surface area contributed by atoms with Crippen LogP contribution in [0.15, 0.2) is 18.2 Å². The van der Waals surface area contributed by atoms with Gasteiger partial charge in [-0.3, -0.25) is 10.2 Å². The van der Waals surface area contributed by atoms with Crippen LogP contribution in [0, 0.1) is 5.92 Å². The van der Waals surface area contributed by atoms with Gasteiger partial charge in [-0.1, -0.05) is 11.6 Å². The number of hydrogen-bond acceptors (Lipinski definition) is 4. The molecule has 1 amide bonds. The molecule has 8 heteroatoms. The van der Waals surface area contributed by atoms with Gasteiger partial charge >= 0.3 is 5.97 Å². The molecule has 2 saturated heterocycles. The van der Waals surface area contributed by atoms with Gasteiger partial charge in [0.1, 0.15) is 0 Å². The molecule has 0 unspecified atom stereocenters. The van der Waals surface area contributed by atoms with E-state index in [0.29, 0.717) is 18.8 Å². The summed E-state index contributed by atoms with van der Waals surface area (Å²) < 4.78 is 15.1. The Balaban J connectivity index is 1.89. The summed E-state index contributed by atoms with van der Waals surface area (Å²) in [5.41, 5.74) is 1.49. The fourth-order valence-corrected chi connectivity index (χ4v) is 3.54. The van der Waals surface area contributed by atoms with Crippen molar-refractivity contribution in [3.05, 3.63) is 28.8 Å². The normalized spacial score (nSPS) is 28.0. The standard InChI is InChI=1S/C15H17ClFN3O3/c1-18-19-5-4-15(17)9(7-19)8-20(14(15)23)10-2-3-11(13(21)22)12(16)6-10/h2-3,6,9,18H,4-5,7-8H2,1H3,(H,21,22)/t9-,15+/m1/s1. The molecular formula is C15H17ClFN3O3. The summed E-state index contributed by atoms with van der Waals surface area (Å²) in [6.45, 7) is 1.15. The third-order valence-electron chi connectivity index (χ3n) is 4.65. The summed E-state index contributed by atoms with van der Waals surface area (Å²) in [5, 5.41) is 10.9. The quantitative estimate of drug-likeness (QED) is 0.872. The van der Waals surface area contributed by atoms with E-state index in [9.17, 15) is 9.59 Å². The van der Waals surface area contributed by atoms with Crippen LogP contribution in [-0.2, 0) is 4.79 Å². The zero-order valence-corrected chi connectivity index (χ0v) is 13.3. The zero-order valence-electron chi connectivity index (χ0n) is 12.6. The van der Waals surface area contributed by atoms with Crippen LogP contribution in [0.3, 0.4) is 0 Å². The molecule has 2 aliphatic heterocycles. The van der Waals surface area contributed by atoms with E-state index < -0.39 is 23.5 Å². The van der Waals surface area contributed by atoms with Gasteiger partial charge in [0.05, 0.1) is 10.6 Å². The molecule has 2 N–H and O–H groups in total. The number of aromatic carboxylic acids is 1. The number of carbonyl (C=O) groups excluding carboxylic acids is 1. The van der Waals surface area contributed by atoms with E-state index in [0.717, 1.165) is 0 Å². The zero-order chi connectivity index (χ0) is 16.8. The van der Waals surface area contributed by atoms with Crippen molar-refractivity contribution in [2.24, 2.45) is 5.92 Å². The van der Waals surface area contributed by atoms with Crippen LogP contribution < -0.4 is 10.3 Å². The molecule has 0 saturated carbocycles. The van der Waals surface area contributed by atoms with Crippen molar-refractivity contribution in [1.82, 2.24) is 10.4 Å². The number of carboxylic acid groups (broad SMARTS) is 1. The van der Waals surface area contributed by atoms with Gasteiger partial charge in [-0.15, -0.1) is 0 Å². The first kappa shape index (κ1) is 16.2. The van der Waals surface area contributed by atoms with Crippen LogP contribution >= 0.6 is 11.6 Å². The van der Waals surface area contributed by atoms with Gasteiger partial charge in [0.25, 0.3) is 5.91 Å². The SMILES string of the molecule is CNN1CC[C@@]2(F)C(=O)N(c3ccc(C(=O)O)c(Cl)c3)C[C@H]2C1. The number of fused-ring (bicyclic) bond motifs is 1. The molecular weight excluding hydrogens is 325 g/mol. The van der Waals surface area contributed by atoms with E-state index in [2.05, 4.69) is 5.43 Å². The Morgan fingerprint density at radius 1 is 1.48 bits per heavy atom. The number of anilines is 1. The Morgan fingerprint density at radius 2 is 2.22 bits per heavy atom. The Hall–Kier alpha value is -1.70. The maximum atomic E-state index is 15.1. The summed E-state index contributed by atoms with van der Waals surface area (Å²) in [5.74, 6) is -2.15. The number of benzene rings is 1. The number of halogens is 2. The molecule has 0 spiro atoms. The lowest BCUT2D eigenvalue weighted by atomic mass is 9.86. The van der Waals surface area contributed by atoms with Gasteiger partial charge in [-0.2, -0.15) is 0 Å². The average molecular weight is 342 g/mol. The topological polar surface area (TPSA) is 72.9 Å². The van der Waals surface area contributed by atoms with Gasteiger partial charge in [0.15, 0.2) is 5.67 Å². The van der Waals surface area contributed by atoms with Crippen molar-refractivity contribution in [3.63, 3.8) is 0 Å².